The van der Waals surface area contributed by atoms with Gasteiger partial charge in [0.2, 0.25) is 0 Å². The van der Waals surface area contributed by atoms with Crippen molar-refractivity contribution in [1.82, 2.24) is 10.2 Å². The normalized spacial score (nSPS) is 9.61. The number of nitrogens with zero attached hydrogens (tertiary/aromatic N) is 3. The molecule has 0 radical (unpaired) electrons. The molecule has 1 aromatic heterocycles. The molecule has 0 aliphatic carbocycles. The molecule has 90 valence electrons. The first-order valence-corrected chi connectivity index (χ1v) is 5.38. The molecule has 5 nitrogen and oxygen atoms in total. The van der Waals surface area contributed by atoms with Crippen LogP contribution < -0.4 is 10.1 Å². The predicted molar refractivity (Wildman–Crippen MR) is 68.0 cm³/mol. The average Bonchev–Trinajstić information content (AvgIpc) is 2.40. The van der Waals surface area contributed by atoms with Gasteiger partial charge in [0, 0.05) is 5.56 Å². The molecular weight excluding hydrogens is 228 g/mol. The zero-order valence-corrected chi connectivity index (χ0v) is 10.1. The van der Waals surface area contributed by atoms with Crippen molar-refractivity contribution < 1.29 is 4.74 Å². The molecule has 0 spiro atoms. The molecule has 0 bridgehead atoms. The van der Waals surface area contributed by atoms with Gasteiger partial charge in [-0.2, -0.15) is 5.26 Å². The van der Waals surface area contributed by atoms with E-state index < -0.39 is 0 Å². The molecule has 18 heavy (non-hydrogen) atoms. The molecule has 0 aliphatic heterocycles. The van der Waals surface area contributed by atoms with E-state index >= 15 is 0 Å². The van der Waals surface area contributed by atoms with Crippen LogP contribution in [0.4, 0.5) is 5.82 Å². The van der Waals surface area contributed by atoms with Gasteiger partial charge < -0.3 is 4.74 Å². The molecule has 0 saturated heterocycles. The Balaban J connectivity index is 2.42. The van der Waals surface area contributed by atoms with Crippen LogP contribution in [0, 0.1) is 18.4 Å². The molecule has 1 heterocycles. The van der Waals surface area contributed by atoms with Gasteiger partial charge in [0.15, 0.2) is 12.0 Å². The van der Waals surface area contributed by atoms with Crippen LogP contribution >= 0.6 is 0 Å². The summed E-state index contributed by atoms with van der Waals surface area (Å²) in [6, 6.07) is 9.35. The highest BCUT2D eigenvalue weighted by molar-refractivity contribution is 5.68. The van der Waals surface area contributed by atoms with Crippen molar-refractivity contribution in [3.63, 3.8) is 0 Å². The quantitative estimate of drug-likeness (QED) is 0.658. The highest BCUT2D eigenvalue weighted by atomic mass is 16.5. The summed E-state index contributed by atoms with van der Waals surface area (Å²) in [5.74, 6) is 1.17. The van der Waals surface area contributed by atoms with E-state index in [1.165, 1.54) is 0 Å². The van der Waals surface area contributed by atoms with Gasteiger partial charge in [0.05, 0.1) is 12.8 Å². The van der Waals surface area contributed by atoms with Gasteiger partial charge in [-0.15, -0.1) is 10.2 Å². The maximum absolute atomic E-state index is 8.48. The van der Waals surface area contributed by atoms with E-state index in [0.29, 0.717) is 11.5 Å². The number of aromatic nitrogens is 2. The molecule has 1 N–H and O–H groups in total. The minimum atomic E-state index is 0.424. The molecule has 2 aromatic rings. The minimum absolute atomic E-state index is 0.424. The van der Waals surface area contributed by atoms with Gasteiger partial charge in [-0.25, -0.2) is 0 Å². The molecule has 0 atom stereocenters. The molecule has 0 amide bonds. The summed E-state index contributed by atoms with van der Waals surface area (Å²) >= 11 is 0. The summed E-state index contributed by atoms with van der Waals surface area (Å²) in [6.07, 6.45) is 1.80. The van der Waals surface area contributed by atoms with Crippen LogP contribution in [0.2, 0.25) is 0 Å². The Morgan fingerprint density at radius 3 is 2.67 bits per heavy atom. The van der Waals surface area contributed by atoms with Gasteiger partial charge in [-0.3, -0.25) is 5.32 Å². The second kappa shape index (κ2) is 5.15. The average molecular weight is 240 g/mol. The summed E-state index contributed by atoms with van der Waals surface area (Å²) in [6.45, 7) is 2.00. The number of aryl methyl sites for hydroxylation is 1. The number of ether oxygens (including phenoxy) is 1. The summed E-state index contributed by atoms with van der Waals surface area (Å²) in [5.41, 5.74) is 2.71. The molecule has 0 unspecified atom stereocenters. The largest absolute Gasteiger partial charge is 0.496 e. The highest BCUT2D eigenvalue weighted by Gasteiger charge is 2.08. The van der Waals surface area contributed by atoms with Crippen molar-refractivity contribution >= 4 is 5.82 Å². The number of hydrogen-bond donors (Lipinski definition) is 1. The molecule has 0 fully saturated rings. The molecular formula is C13H12N4O. The van der Waals surface area contributed by atoms with Crippen LogP contribution in [-0.4, -0.2) is 17.3 Å². The van der Waals surface area contributed by atoms with Gasteiger partial charge in [0.1, 0.15) is 5.75 Å². The van der Waals surface area contributed by atoms with Crippen LogP contribution in [0.25, 0.3) is 11.3 Å². The molecule has 0 saturated carbocycles. The SMILES string of the molecule is COc1ccc(C)cc1-c1ccc(NC#N)nn1. The first-order chi connectivity index (χ1) is 8.74. The number of rotatable bonds is 3. The van der Waals surface area contributed by atoms with Crippen molar-refractivity contribution in [2.24, 2.45) is 0 Å². The van der Waals surface area contributed by atoms with E-state index in [0.717, 1.165) is 16.9 Å². The van der Waals surface area contributed by atoms with Gasteiger partial charge in [0.25, 0.3) is 0 Å². The topological polar surface area (TPSA) is 70.8 Å². The lowest BCUT2D eigenvalue weighted by Gasteiger charge is -2.08. The second-order valence-electron chi connectivity index (χ2n) is 3.74. The van der Waals surface area contributed by atoms with Crippen molar-refractivity contribution in [1.29, 1.82) is 5.26 Å². The molecule has 0 aliphatic rings. The Morgan fingerprint density at radius 2 is 2.06 bits per heavy atom. The number of nitriles is 1. The third-order valence-corrected chi connectivity index (χ3v) is 2.48. The van der Waals surface area contributed by atoms with Crippen LogP contribution in [-0.2, 0) is 0 Å². The van der Waals surface area contributed by atoms with Crippen molar-refractivity contribution in [2.45, 2.75) is 6.92 Å². The fraction of sp³-hybridized carbons (Fsp3) is 0.154. The Bertz CT molecular complexity index is 587. The lowest BCUT2D eigenvalue weighted by molar-refractivity contribution is 0.416. The maximum Gasteiger partial charge on any atom is 0.182 e. The minimum Gasteiger partial charge on any atom is -0.496 e. The summed E-state index contributed by atoms with van der Waals surface area (Å²) in [7, 11) is 1.62. The summed E-state index contributed by atoms with van der Waals surface area (Å²) in [5, 5.41) is 18.9. The highest BCUT2D eigenvalue weighted by Crippen LogP contribution is 2.29. The number of anilines is 1. The molecule has 1 aromatic carbocycles. The lowest BCUT2D eigenvalue weighted by Crippen LogP contribution is -1.96. The first kappa shape index (κ1) is 11.9. The van der Waals surface area contributed by atoms with E-state index in [4.69, 9.17) is 10.00 Å². The molecule has 2 rings (SSSR count). The van der Waals surface area contributed by atoms with Gasteiger partial charge >= 0.3 is 0 Å². The zero-order valence-electron chi connectivity index (χ0n) is 10.1. The van der Waals surface area contributed by atoms with E-state index in [9.17, 15) is 0 Å². The Labute approximate surface area is 105 Å². The summed E-state index contributed by atoms with van der Waals surface area (Å²) in [4.78, 5) is 0. The van der Waals surface area contributed by atoms with E-state index in [1.54, 1.807) is 25.4 Å². The second-order valence-corrected chi connectivity index (χ2v) is 3.74. The van der Waals surface area contributed by atoms with E-state index in [-0.39, 0.29) is 0 Å². The maximum atomic E-state index is 8.48. The number of methoxy groups -OCH3 is 1. The van der Waals surface area contributed by atoms with E-state index in [2.05, 4.69) is 15.5 Å². The third-order valence-electron chi connectivity index (χ3n) is 2.48. The van der Waals surface area contributed by atoms with Gasteiger partial charge in [-0.1, -0.05) is 11.6 Å². The smallest absolute Gasteiger partial charge is 0.182 e. The third kappa shape index (κ3) is 2.38. The Kier molecular flexibility index (Phi) is 3.39. The van der Waals surface area contributed by atoms with Crippen LogP contribution in [0.1, 0.15) is 5.56 Å². The lowest BCUT2D eigenvalue weighted by atomic mass is 10.1. The number of benzene rings is 1. The first-order valence-electron chi connectivity index (χ1n) is 5.38. The Morgan fingerprint density at radius 1 is 1.22 bits per heavy atom. The number of nitrogens with one attached hydrogen (secondary N) is 1. The predicted octanol–water partition coefficient (Wildman–Crippen LogP) is 2.35. The van der Waals surface area contributed by atoms with Crippen molar-refractivity contribution in [3.05, 3.63) is 35.9 Å². The monoisotopic (exact) mass is 240 g/mol. The Hall–Kier alpha value is -2.61. The fourth-order valence-corrected chi connectivity index (χ4v) is 1.62. The number of hydrogen-bond acceptors (Lipinski definition) is 5. The standard InChI is InChI=1S/C13H12N4O/c1-9-3-5-12(18-2)10(7-9)11-4-6-13(15-8-14)17-16-11/h3-7H,1-2H3,(H,15,17). The van der Waals surface area contributed by atoms with Crippen LogP contribution in [0.3, 0.4) is 0 Å². The summed E-state index contributed by atoms with van der Waals surface area (Å²) < 4.78 is 5.30. The van der Waals surface area contributed by atoms with Gasteiger partial charge in [-0.05, 0) is 31.2 Å². The fourth-order valence-electron chi connectivity index (χ4n) is 1.62. The van der Waals surface area contributed by atoms with Crippen LogP contribution in [0.5, 0.6) is 5.75 Å². The van der Waals surface area contributed by atoms with E-state index in [1.807, 2.05) is 25.1 Å². The molecule has 5 heteroatoms. The van der Waals surface area contributed by atoms with Crippen molar-refractivity contribution in [2.75, 3.05) is 12.4 Å². The van der Waals surface area contributed by atoms with Crippen molar-refractivity contribution in [3.8, 4) is 23.2 Å². The zero-order chi connectivity index (χ0) is 13.0. The van der Waals surface area contributed by atoms with Crippen LogP contribution in [0.15, 0.2) is 30.3 Å².